The number of carbonyl (C=O) groups is 2. The fourth-order valence-corrected chi connectivity index (χ4v) is 3.40. The third-order valence-electron chi connectivity index (χ3n) is 4.85. The van der Waals surface area contributed by atoms with Crippen LogP contribution in [0.4, 0.5) is 5.69 Å². The Morgan fingerprint density at radius 2 is 2.20 bits per heavy atom. The molecule has 1 aliphatic heterocycles. The van der Waals surface area contributed by atoms with Crippen LogP contribution >= 0.6 is 0 Å². The van der Waals surface area contributed by atoms with Gasteiger partial charge in [0.2, 0.25) is 11.7 Å². The van der Waals surface area contributed by atoms with Gasteiger partial charge in [-0.3, -0.25) is 4.79 Å². The Morgan fingerprint density at radius 3 is 2.97 bits per heavy atom. The number of Topliss-reactive ketones (excluding diaryl/α,β-unsaturated/α-hetero) is 1. The zero-order valence-electron chi connectivity index (χ0n) is 16.6. The van der Waals surface area contributed by atoms with E-state index in [0.29, 0.717) is 11.3 Å². The molecule has 1 aliphatic rings. The molecular weight excluding hydrogens is 386 g/mol. The fraction of sp³-hybridized carbons (Fsp3) is 0.227. The smallest absolute Gasteiger partial charge is 0.347 e. The van der Waals surface area contributed by atoms with Gasteiger partial charge in [0.1, 0.15) is 11.4 Å². The Bertz CT molecular complexity index is 1160. The molecule has 4 rings (SSSR count). The largest absolute Gasteiger partial charge is 0.506 e. The average Bonchev–Trinajstić information content (AvgIpc) is 3.26. The molecule has 1 atom stereocenters. The van der Waals surface area contributed by atoms with Gasteiger partial charge in [-0.2, -0.15) is 0 Å². The molecule has 8 heteroatoms. The Kier molecular flexibility index (Phi) is 5.14. The van der Waals surface area contributed by atoms with Gasteiger partial charge in [-0.1, -0.05) is 6.07 Å². The van der Waals surface area contributed by atoms with E-state index in [9.17, 15) is 14.7 Å². The van der Waals surface area contributed by atoms with Gasteiger partial charge in [0.05, 0.1) is 12.3 Å². The van der Waals surface area contributed by atoms with Gasteiger partial charge in [0.15, 0.2) is 11.7 Å². The number of fused-ring (bicyclic) bond motifs is 1. The second-order valence-corrected chi connectivity index (χ2v) is 6.96. The maximum absolute atomic E-state index is 13.0. The zero-order chi connectivity index (χ0) is 21.3. The summed E-state index contributed by atoms with van der Waals surface area (Å²) in [7, 11) is 0. The Balaban J connectivity index is 1.63. The number of hydrogen-bond donors (Lipinski definition) is 3. The van der Waals surface area contributed by atoms with E-state index in [1.807, 2.05) is 19.1 Å². The molecule has 0 bridgehead atoms. The van der Waals surface area contributed by atoms with Crippen LogP contribution in [0.15, 0.2) is 54.2 Å². The van der Waals surface area contributed by atoms with Gasteiger partial charge in [-0.15, -0.1) is 0 Å². The first-order valence-electron chi connectivity index (χ1n) is 9.57. The molecule has 0 saturated heterocycles. The van der Waals surface area contributed by atoms with Crippen molar-refractivity contribution in [1.82, 2.24) is 9.97 Å². The number of phenolic OH excluding ortho intramolecular Hbond substituents is 1. The van der Waals surface area contributed by atoms with Gasteiger partial charge in [-0.05, 0) is 49.2 Å². The number of aromatic amines is 1. The van der Waals surface area contributed by atoms with Crippen LogP contribution in [0.25, 0.3) is 11.0 Å². The predicted octanol–water partition coefficient (Wildman–Crippen LogP) is 2.97. The van der Waals surface area contributed by atoms with E-state index in [1.54, 1.807) is 37.5 Å². The van der Waals surface area contributed by atoms with E-state index in [2.05, 4.69) is 15.3 Å². The molecule has 154 valence electrons. The summed E-state index contributed by atoms with van der Waals surface area (Å²) in [5.41, 5.74) is 2.55. The molecule has 1 unspecified atom stereocenters. The number of aromatic nitrogens is 2. The average molecular weight is 407 g/mol. The monoisotopic (exact) mass is 407 g/mol. The summed E-state index contributed by atoms with van der Waals surface area (Å²) < 4.78 is 10.9. The maximum Gasteiger partial charge on any atom is 0.347 e. The molecule has 0 spiro atoms. The highest BCUT2D eigenvalue weighted by Crippen LogP contribution is 2.32. The number of phenols is 1. The van der Waals surface area contributed by atoms with Crippen LogP contribution in [0.2, 0.25) is 0 Å². The third-order valence-corrected chi connectivity index (χ3v) is 4.85. The number of anilines is 1. The zero-order valence-corrected chi connectivity index (χ0v) is 16.6. The van der Waals surface area contributed by atoms with Crippen molar-refractivity contribution in [2.75, 3.05) is 11.9 Å². The van der Waals surface area contributed by atoms with E-state index in [-0.39, 0.29) is 30.2 Å². The van der Waals surface area contributed by atoms with Crippen LogP contribution in [0.3, 0.4) is 0 Å². The molecule has 3 heterocycles. The Hall–Kier alpha value is -3.81. The number of H-pyrrole nitrogens is 1. The lowest BCUT2D eigenvalue weighted by Gasteiger charge is -2.13. The molecule has 1 aromatic carbocycles. The van der Waals surface area contributed by atoms with Crippen LogP contribution in [0.5, 0.6) is 5.75 Å². The molecule has 2 aromatic heterocycles. The highest BCUT2D eigenvalue weighted by atomic mass is 16.5. The number of hydrogen-bond acceptors (Lipinski definition) is 7. The number of benzene rings is 1. The molecular formula is C22H21N3O5. The maximum atomic E-state index is 13.0. The molecule has 3 N–H and O–H groups in total. The SMILES string of the molecule is CCOC(=O)C1=C(Nc2ccc(C)cc2O)OC(Cc2c[nH]c3ncccc23)C1=O. The van der Waals surface area contributed by atoms with Gasteiger partial charge in [0.25, 0.3) is 0 Å². The number of esters is 1. The summed E-state index contributed by atoms with van der Waals surface area (Å²) in [5, 5.41) is 13.9. The molecule has 0 fully saturated rings. The second-order valence-electron chi connectivity index (χ2n) is 6.96. The number of nitrogens with zero attached hydrogens (tertiary/aromatic N) is 1. The van der Waals surface area contributed by atoms with Gasteiger partial charge < -0.3 is 24.9 Å². The molecule has 0 radical (unpaired) electrons. The summed E-state index contributed by atoms with van der Waals surface area (Å²) >= 11 is 0. The van der Waals surface area contributed by atoms with E-state index < -0.39 is 17.9 Å². The van der Waals surface area contributed by atoms with Crippen LogP contribution in [0.1, 0.15) is 18.1 Å². The first-order chi connectivity index (χ1) is 14.5. The summed E-state index contributed by atoms with van der Waals surface area (Å²) in [6, 6.07) is 8.72. The minimum Gasteiger partial charge on any atom is -0.506 e. The number of pyridine rings is 1. The van der Waals surface area contributed by atoms with Crippen molar-refractivity contribution >= 4 is 28.5 Å². The van der Waals surface area contributed by atoms with E-state index in [0.717, 1.165) is 16.5 Å². The van der Waals surface area contributed by atoms with Gasteiger partial charge >= 0.3 is 5.97 Å². The number of ketones is 1. The third kappa shape index (κ3) is 3.59. The summed E-state index contributed by atoms with van der Waals surface area (Å²) in [6.07, 6.45) is 2.79. The van der Waals surface area contributed by atoms with Crippen LogP contribution in [0, 0.1) is 6.92 Å². The topological polar surface area (TPSA) is 114 Å². The lowest BCUT2D eigenvalue weighted by molar-refractivity contribution is -0.140. The van der Waals surface area contributed by atoms with E-state index in [1.165, 1.54) is 0 Å². The number of aromatic hydroxyl groups is 1. The van der Waals surface area contributed by atoms with Crippen LogP contribution in [-0.2, 0) is 25.5 Å². The summed E-state index contributed by atoms with van der Waals surface area (Å²) in [4.78, 5) is 32.8. The van der Waals surface area contributed by atoms with Crippen molar-refractivity contribution < 1.29 is 24.2 Å². The molecule has 0 aliphatic carbocycles. The van der Waals surface area contributed by atoms with Crippen molar-refractivity contribution in [3.05, 3.63) is 65.3 Å². The standard InChI is InChI=1S/C22H21N3O5/c1-3-29-22(28)18-19(27)17(10-13-11-24-20-14(13)5-4-8-23-20)30-21(18)25-15-7-6-12(2)9-16(15)26/h4-9,11,17,25-26H,3,10H2,1-2H3,(H,23,24). The van der Waals surface area contributed by atoms with E-state index >= 15 is 0 Å². The normalized spacial score (nSPS) is 16.1. The van der Waals surface area contributed by atoms with Crippen LogP contribution < -0.4 is 5.32 Å². The molecule has 3 aromatic rings. The molecule has 0 saturated carbocycles. The van der Waals surface area contributed by atoms with E-state index in [4.69, 9.17) is 9.47 Å². The first-order valence-corrected chi connectivity index (χ1v) is 9.57. The molecule has 30 heavy (non-hydrogen) atoms. The Morgan fingerprint density at radius 1 is 1.37 bits per heavy atom. The number of rotatable bonds is 6. The number of aryl methyl sites for hydroxylation is 1. The lowest BCUT2D eigenvalue weighted by Crippen LogP contribution is -2.24. The number of nitrogens with one attached hydrogen (secondary N) is 2. The van der Waals surface area contributed by atoms with Crippen molar-refractivity contribution in [2.45, 2.75) is 26.4 Å². The molecule has 8 nitrogen and oxygen atoms in total. The minimum absolute atomic E-state index is 0.0205. The van der Waals surface area contributed by atoms with Crippen molar-refractivity contribution in [2.24, 2.45) is 0 Å². The first kappa shape index (κ1) is 19.5. The second kappa shape index (κ2) is 7.90. The van der Waals surface area contributed by atoms with Crippen molar-refractivity contribution in [3.8, 4) is 5.75 Å². The fourth-order valence-electron chi connectivity index (χ4n) is 3.40. The minimum atomic E-state index is -0.904. The number of ether oxygens (including phenoxy) is 2. The van der Waals surface area contributed by atoms with Crippen molar-refractivity contribution in [1.29, 1.82) is 0 Å². The number of carbonyl (C=O) groups excluding carboxylic acids is 2. The summed E-state index contributed by atoms with van der Waals surface area (Å²) in [5.74, 6) is -1.28. The lowest BCUT2D eigenvalue weighted by atomic mass is 10.0. The van der Waals surface area contributed by atoms with Crippen molar-refractivity contribution in [3.63, 3.8) is 0 Å². The van der Waals surface area contributed by atoms with Gasteiger partial charge in [0, 0.05) is 24.2 Å². The summed E-state index contributed by atoms with van der Waals surface area (Å²) in [6.45, 7) is 3.63. The highest BCUT2D eigenvalue weighted by molar-refractivity contribution is 6.21. The van der Waals surface area contributed by atoms with Crippen LogP contribution in [-0.4, -0.2) is 39.5 Å². The Labute approximate surface area is 172 Å². The predicted molar refractivity (Wildman–Crippen MR) is 110 cm³/mol. The highest BCUT2D eigenvalue weighted by Gasteiger charge is 2.40. The van der Waals surface area contributed by atoms with Gasteiger partial charge in [-0.25, -0.2) is 9.78 Å². The quantitative estimate of drug-likeness (QED) is 0.327. The molecule has 0 amide bonds.